The van der Waals surface area contributed by atoms with Gasteiger partial charge in [-0.1, -0.05) is 20.8 Å². The molecule has 22 heavy (non-hydrogen) atoms. The van der Waals surface area contributed by atoms with Gasteiger partial charge in [-0.15, -0.1) is 0 Å². The molecular formula is C15H19F5OSi. The summed E-state index contributed by atoms with van der Waals surface area (Å²) in [5.74, 6) is -9.60. The van der Waals surface area contributed by atoms with Crippen LogP contribution in [0.5, 0.6) is 0 Å². The molecule has 0 aromatic heterocycles. The second-order valence-electron chi connectivity index (χ2n) is 4.99. The molecule has 0 bridgehead atoms. The van der Waals surface area contributed by atoms with Crippen molar-refractivity contribution >= 4 is 8.32 Å². The van der Waals surface area contributed by atoms with Crippen molar-refractivity contribution in [1.29, 1.82) is 0 Å². The third kappa shape index (κ3) is 3.69. The summed E-state index contributed by atoms with van der Waals surface area (Å²) in [6.45, 7) is 6.03. The molecule has 0 aliphatic heterocycles. The van der Waals surface area contributed by atoms with Crippen LogP contribution in [0.15, 0.2) is 12.3 Å². The Morgan fingerprint density at radius 2 is 1.18 bits per heavy atom. The third-order valence-corrected chi connectivity index (χ3v) is 8.47. The van der Waals surface area contributed by atoms with Gasteiger partial charge in [-0.2, -0.15) is 0 Å². The lowest BCUT2D eigenvalue weighted by molar-refractivity contribution is 0.371. The average Bonchev–Trinajstić information content (AvgIpc) is 2.54. The molecule has 7 heteroatoms. The lowest BCUT2D eigenvalue weighted by Crippen LogP contribution is -2.33. The molecular weight excluding hydrogens is 319 g/mol. The predicted octanol–water partition coefficient (Wildman–Crippen LogP) is 5.46. The molecule has 0 amide bonds. The molecule has 0 radical (unpaired) electrons. The molecule has 1 aromatic rings. The van der Waals surface area contributed by atoms with E-state index in [-0.39, 0.29) is 0 Å². The third-order valence-electron chi connectivity index (χ3n) is 3.97. The van der Waals surface area contributed by atoms with Crippen molar-refractivity contribution in [3.63, 3.8) is 0 Å². The Balaban J connectivity index is 2.92. The quantitative estimate of drug-likeness (QED) is 0.211. The minimum absolute atomic E-state index is 0.423. The van der Waals surface area contributed by atoms with E-state index < -0.39 is 49.4 Å². The van der Waals surface area contributed by atoms with E-state index >= 15 is 0 Å². The normalized spacial score (nSPS) is 12.2. The molecule has 0 saturated carbocycles. The zero-order chi connectivity index (χ0) is 16.9. The van der Waals surface area contributed by atoms with E-state index in [1.807, 2.05) is 20.8 Å². The van der Waals surface area contributed by atoms with Gasteiger partial charge in [-0.25, -0.2) is 22.0 Å². The summed E-state index contributed by atoms with van der Waals surface area (Å²) in [6.07, 6.45) is 2.18. The Bertz CT molecular complexity index is 518. The summed E-state index contributed by atoms with van der Waals surface area (Å²) in [5.41, 5.74) is -0.854. The van der Waals surface area contributed by atoms with E-state index in [1.165, 1.54) is 12.3 Å². The maximum atomic E-state index is 13.5. The van der Waals surface area contributed by atoms with Gasteiger partial charge >= 0.3 is 0 Å². The standard InChI is InChI=1S/C15H19F5OSi/c1-4-22(5-2,6-3)21-9-7-8-10-11(16)13(18)15(20)14(19)12(10)17/h7,9H,4-6,8H2,1-3H3. The van der Waals surface area contributed by atoms with Crippen LogP contribution >= 0.6 is 0 Å². The summed E-state index contributed by atoms with van der Waals surface area (Å²) in [6, 6.07) is 2.65. The second-order valence-corrected chi connectivity index (χ2v) is 9.71. The van der Waals surface area contributed by atoms with Crippen LogP contribution in [0.1, 0.15) is 26.3 Å². The first-order valence-electron chi connectivity index (χ1n) is 7.16. The van der Waals surface area contributed by atoms with Crippen LogP contribution in [-0.2, 0) is 10.8 Å². The van der Waals surface area contributed by atoms with E-state index in [1.54, 1.807) is 0 Å². The Labute approximate surface area is 127 Å². The number of benzene rings is 1. The molecule has 1 nitrogen and oxygen atoms in total. The fraction of sp³-hybridized carbons (Fsp3) is 0.467. The van der Waals surface area contributed by atoms with Crippen molar-refractivity contribution in [3.8, 4) is 0 Å². The van der Waals surface area contributed by atoms with Crippen molar-refractivity contribution < 1.29 is 26.4 Å². The summed E-state index contributed by atoms with van der Waals surface area (Å²) in [4.78, 5) is 0. The molecule has 0 atom stereocenters. The van der Waals surface area contributed by atoms with Crippen LogP contribution in [0.25, 0.3) is 0 Å². The van der Waals surface area contributed by atoms with Crippen LogP contribution in [0, 0.1) is 29.1 Å². The topological polar surface area (TPSA) is 9.23 Å². The Hall–Kier alpha value is -1.37. The van der Waals surface area contributed by atoms with E-state index in [9.17, 15) is 22.0 Å². The zero-order valence-corrected chi connectivity index (χ0v) is 13.8. The average molecular weight is 338 g/mol. The minimum Gasteiger partial charge on any atom is -0.549 e. The molecule has 0 fully saturated rings. The van der Waals surface area contributed by atoms with Gasteiger partial charge in [0, 0.05) is 5.56 Å². The molecule has 0 aliphatic rings. The monoisotopic (exact) mass is 338 g/mol. The Morgan fingerprint density at radius 1 is 0.773 bits per heavy atom. The highest BCUT2D eigenvalue weighted by Crippen LogP contribution is 2.24. The fourth-order valence-electron chi connectivity index (χ4n) is 2.19. The number of hydrogen-bond donors (Lipinski definition) is 0. The molecule has 0 saturated heterocycles. The van der Waals surface area contributed by atoms with Crippen LogP contribution < -0.4 is 0 Å². The Kier molecular flexibility index (Phi) is 6.59. The van der Waals surface area contributed by atoms with E-state index in [2.05, 4.69) is 0 Å². The maximum absolute atomic E-state index is 13.5. The van der Waals surface area contributed by atoms with Gasteiger partial charge in [-0.05, 0) is 30.6 Å². The highest BCUT2D eigenvalue weighted by molar-refractivity contribution is 6.73. The maximum Gasteiger partial charge on any atom is 0.249 e. The first-order valence-corrected chi connectivity index (χ1v) is 9.69. The van der Waals surface area contributed by atoms with Gasteiger partial charge in [0.25, 0.3) is 0 Å². The fourth-order valence-corrected chi connectivity index (χ4v) is 4.57. The van der Waals surface area contributed by atoms with Crippen molar-refractivity contribution in [3.05, 3.63) is 47.0 Å². The van der Waals surface area contributed by atoms with Crippen LogP contribution in [0.2, 0.25) is 18.1 Å². The molecule has 124 valence electrons. The van der Waals surface area contributed by atoms with Gasteiger partial charge in [0.1, 0.15) is 0 Å². The van der Waals surface area contributed by atoms with Crippen molar-refractivity contribution in [2.45, 2.75) is 45.3 Å². The molecule has 1 rings (SSSR count). The highest BCUT2D eigenvalue weighted by atomic mass is 28.4. The molecule has 0 aliphatic carbocycles. The number of allylic oxidation sites excluding steroid dienone is 1. The van der Waals surface area contributed by atoms with E-state index in [0.29, 0.717) is 0 Å². The molecule has 0 N–H and O–H groups in total. The summed E-state index contributed by atoms with van der Waals surface area (Å²) in [7, 11) is -1.90. The number of hydrogen-bond acceptors (Lipinski definition) is 1. The van der Waals surface area contributed by atoms with Crippen molar-refractivity contribution in [2.75, 3.05) is 0 Å². The first-order chi connectivity index (χ1) is 10.3. The largest absolute Gasteiger partial charge is 0.549 e. The van der Waals surface area contributed by atoms with Crippen LogP contribution in [-0.4, -0.2) is 8.32 Å². The van der Waals surface area contributed by atoms with Gasteiger partial charge in [0.15, 0.2) is 23.3 Å². The summed E-state index contributed by atoms with van der Waals surface area (Å²) >= 11 is 0. The SMILES string of the molecule is CC[Si](CC)(CC)OC=CCc1c(F)c(F)c(F)c(F)c1F. The smallest absolute Gasteiger partial charge is 0.249 e. The van der Waals surface area contributed by atoms with Gasteiger partial charge in [-0.3, -0.25) is 0 Å². The Morgan fingerprint density at radius 3 is 1.59 bits per heavy atom. The van der Waals surface area contributed by atoms with E-state index in [4.69, 9.17) is 4.43 Å². The van der Waals surface area contributed by atoms with Crippen LogP contribution in [0.4, 0.5) is 22.0 Å². The van der Waals surface area contributed by atoms with Gasteiger partial charge < -0.3 is 4.43 Å². The minimum atomic E-state index is -2.15. The summed E-state index contributed by atoms with van der Waals surface area (Å²) in [5, 5.41) is 0. The lowest BCUT2D eigenvalue weighted by Gasteiger charge is -2.26. The van der Waals surface area contributed by atoms with Crippen molar-refractivity contribution in [2.24, 2.45) is 0 Å². The molecule has 0 heterocycles. The highest BCUT2D eigenvalue weighted by Gasteiger charge is 2.29. The zero-order valence-electron chi connectivity index (χ0n) is 12.8. The molecule has 1 aromatic carbocycles. The first kappa shape index (κ1) is 18.7. The van der Waals surface area contributed by atoms with Crippen LogP contribution in [0.3, 0.4) is 0 Å². The van der Waals surface area contributed by atoms with E-state index in [0.717, 1.165) is 18.1 Å². The number of halogens is 5. The molecule has 0 spiro atoms. The van der Waals surface area contributed by atoms with Gasteiger partial charge in [0.05, 0.1) is 6.26 Å². The summed E-state index contributed by atoms with van der Waals surface area (Å²) < 4.78 is 71.7. The van der Waals surface area contributed by atoms with Gasteiger partial charge in [0.2, 0.25) is 14.1 Å². The lowest BCUT2D eigenvalue weighted by atomic mass is 10.1. The number of rotatable bonds is 7. The van der Waals surface area contributed by atoms with Crippen molar-refractivity contribution in [1.82, 2.24) is 0 Å². The second kappa shape index (κ2) is 7.76. The predicted molar refractivity (Wildman–Crippen MR) is 77.4 cm³/mol. The molecule has 0 unspecified atom stereocenters.